The van der Waals surface area contributed by atoms with Gasteiger partial charge in [0, 0.05) is 36.5 Å². The Morgan fingerprint density at radius 2 is 2.16 bits per heavy atom. The monoisotopic (exact) mass is 427 g/mol. The fraction of sp³-hybridized carbons (Fsp3) is 0.600. The second kappa shape index (κ2) is 9.03. The van der Waals surface area contributed by atoms with Crippen LogP contribution >= 0.6 is 0 Å². The van der Waals surface area contributed by atoms with Crippen LogP contribution in [0, 0.1) is 5.92 Å². The van der Waals surface area contributed by atoms with Crippen LogP contribution in [0.15, 0.2) is 33.5 Å². The lowest BCUT2D eigenvalue weighted by Gasteiger charge is -2.47. The number of benzene rings is 1. The molecule has 1 aromatic heterocycles. The molecule has 3 atom stereocenters. The number of amides is 1. The van der Waals surface area contributed by atoms with E-state index in [0.29, 0.717) is 30.8 Å². The van der Waals surface area contributed by atoms with Crippen molar-refractivity contribution < 1.29 is 19.1 Å². The highest BCUT2D eigenvalue weighted by atomic mass is 16.5. The van der Waals surface area contributed by atoms with Crippen LogP contribution < -0.4 is 10.4 Å². The van der Waals surface area contributed by atoms with E-state index in [-0.39, 0.29) is 17.5 Å². The smallest absolute Gasteiger partial charge is 0.336 e. The number of rotatable bonds is 6. The molecule has 0 radical (unpaired) electrons. The van der Waals surface area contributed by atoms with Gasteiger partial charge in [-0.1, -0.05) is 26.2 Å². The summed E-state index contributed by atoms with van der Waals surface area (Å²) in [5.74, 6) is 0.601. The molecule has 1 amide bonds. The van der Waals surface area contributed by atoms with Gasteiger partial charge >= 0.3 is 5.63 Å². The predicted octanol–water partition coefficient (Wildman–Crippen LogP) is 4.06. The number of carbonyl (C=O) groups is 1. The van der Waals surface area contributed by atoms with E-state index >= 15 is 0 Å². The minimum atomic E-state index is -0.651. The molecule has 1 aromatic carbocycles. The Bertz CT molecular complexity index is 999. The van der Waals surface area contributed by atoms with E-state index in [9.17, 15) is 14.7 Å². The maximum atomic E-state index is 13.0. The Kier molecular flexibility index (Phi) is 6.37. The SMILES string of the molecule is CCCCc1cc(=O)oc2cc(OC(C)C(=O)N3CC[C@@]4(O)CCCC[C@H]4C3)ccc12. The molecule has 2 heterocycles. The first-order valence-electron chi connectivity index (χ1n) is 11.6. The van der Waals surface area contributed by atoms with Gasteiger partial charge in [0.05, 0.1) is 5.60 Å². The largest absolute Gasteiger partial charge is 0.481 e. The van der Waals surface area contributed by atoms with Gasteiger partial charge in [-0.3, -0.25) is 4.79 Å². The third-order valence-electron chi connectivity index (χ3n) is 7.00. The average molecular weight is 428 g/mol. The number of carbonyl (C=O) groups excluding carboxylic acids is 1. The molecule has 2 aromatic rings. The standard InChI is InChI=1S/C25H33NO5/c1-3-4-7-18-14-23(27)31-22-15-20(9-10-21(18)22)30-17(2)24(28)26-13-12-25(29)11-6-5-8-19(25)16-26/h9-10,14-15,17,19,29H,3-8,11-13,16H2,1-2H3/t17?,19-,25-/m0/s1. The minimum Gasteiger partial charge on any atom is -0.481 e. The molecule has 4 rings (SSSR count). The van der Waals surface area contributed by atoms with Crippen molar-refractivity contribution in [3.63, 3.8) is 0 Å². The molecule has 1 saturated heterocycles. The number of likely N-dealkylation sites (tertiary alicyclic amines) is 1. The number of aryl methyl sites for hydroxylation is 1. The second-order valence-electron chi connectivity index (χ2n) is 9.19. The minimum absolute atomic E-state index is 0.0640. The van der Waals surface area contributed by atoms with Gasteiger partial charge in [0.25, 0.3) is 5.91 Å². The van der Waals surface area contributed by atoms with Crippen molar-refractivity contribution in [2.45, 2.75) is 76.9 Å². The second-order valence-corrected chi connectivity index (χ2v) is 9.19. The third-order valence-corrected chi connectivity index (χ3v) is 7.00. The van der Waals surface area contributed by atoms with Crippen molar-refractivity contribution in [3.8, 4) is 5.75 Å². The number of ether oxygens (including phenoxy) is 1. The lowest BCUT2D eigenvalue weighted by atomic mass is 9.71. The third kappa shape index (κ3) is 4.64. The molecular weight excluding hydrogens is 394 g/mol. The Labute approximate surface area is 183 Å². The molecule has 2 fully saturated rings. The van der Waals surface area contributed by atoms with Crippen molar-refractivity contribution >= 4 is 16.9 Å². The first kappa shape index (κ1) is 21.9. The van der Waals surface area contributed by atoms with E-state index in [4.69, 9.17) is 9.15 Å². The van der Waals surface area contributed by atoms with Crippen molar-refractivity contribution in [2.75, 3.05) is 13.1 Å². The first-order chi connectivity index (χ1) is 14.9. The number of nitrogens with zero attached hydrogens (tertiary/aromatic N) is 1. The first-order valence-corrected chi connectivity index (χ1v) is 11.6. The maximum absolute atomic E-state index is 13.0. The summed E-state index contributed by atoms with van der Waals surface area (Å²) in [6.45, 7) is 5.03. The molecule has 0 bridgehead atoms. The zero-order valence-electron chi connectivity index (χ0n) is 18.6. The van der Waals surface area contributed by atoms with E-state index in [1.165, 1.54) is 0 Å². The van der Waals surface area contributed by atoms with E-state index in [2.05, 4.69) is 6.92 Å². The van der Waals surface area contributed by atoms with Gasteiger partial charge in [-0.25, -0.2) is 4.79 Å². The Balaban J connectivity index is 1.46. The normalized spacial score (nSPS) is 24.6. The van der Waals surface area contributed by atoms with Crippen LogP contribution in [-0.4, -0.2) is 40.7 Å². The van der Waals surface area contributed by atoms with E-state index in [1.807, 2.05) is 17.0 Å². The van der Waals surface area contributed by atoms with Gasteiger partial charge in [0.15, 0.2) is 6.10 Å². The summed E-state index contributed by atoms with van der Waals surface area (Å²) in [7, 11) is 0. The van der Waals surface area contributed by atoms with Crippen molar-refractivity contribution in [2.24, 2.45) is 5.92 Å². The highest BCUT2D eigenvalue weighted by molar-refractivity contribution is 5.83. The van der Waals surface area contributed by atoms with E-state index in [0.717, 1.165) is 55.9 Å². The number of unbranched alkanes of at least 4 members (excludes halogenated alkanes) is 1. The molecule has 1 unspecified atom stereocenters. The number of piperidine rings is 1. The Hall–Kier alpha value is -2.34. The fourth-order valence-electron chi connectivity index (χ4n) is 5.14. The average Bonchev–Trinajstić information content (AvgIpc) is 2.75. The number of hydrogen-bond donors (Lipinski definition) is 1. The van der Waals surface area contributed by atoms with Crippen LogP contribution in [-0.2, 0) is 11.2 Å². The number of aliphatic hydroxyl groups is 1. The molecule has 1 N–H and O–H groups in total. The summed E-state index contributed by atoms with van der Waals surface area (Å²) in [5.41, 5.74) is 0.496. The lowest BCUT2D eigenvalue weighted by molar-refractivity contribution is -0.149. The zero-order chi connectivity index (χ0) is 22.0. The molecule has 1 saturated carbocycles. The van der Waals surface area contributed by atoms with Gasteiger partial charge in [0.1, 0.15) is 11.3 Å². The van der Waals surface area contributed by atoms with Gasteiger partial charge < -0.3 is 19.2 Å². The van der Waals surface area contributed by atoms with Crippen molar-refractivity contribution in [1.29, 1.82) is 0 Å². The maximum Gasteiger partial charge on any atom is 0.336 e. The van der Waals surface area contributed by atoms with Crippen LogP contribution in [0.25, 0.3) is 11.0 Å². The summed E-state index contributed by atoms with van der Waals surface area (Å²) < 4.78 is 11.3. The summed E-state index contributed by atoms with van der Waals surface area (Å²) >= 11 is 0. The fourth-order valence-corrected chi connectivity index (χ4v) is 5.14. The lowest BCUT2D eigenvalue weighted by Crippen LogP contribution is -2.56. The van der Waals surface area contributed by atoms with Crippen LogP contribution in [0.3, 0.4) is 0 Å². The Morgan fingerprint density at radius 1 is 1.32 bits per heavy atom. The summed E-state index contributed by atoms with van der Waals surface area (Å²) in [4.78, 5) is 26.8. The van der Waals surface area contributed by atoms with Gasteiger partial charge in [0.2, 0.25) is 0 Å². The number of fused-ring (bicyclic) bond motifs is 2. The molecule has 1 aliphatic heterocycles. The predicted molar refractivity (Wildman–Crippen MR) is 119 cm³/mol. The zero-order valence-corrected chi connectivity index (χ0v) is 18.6. The number of hydrogen-bond acceptors (Lipinski definition) is 5. The molecule has 6 nitrogen and oxygen atoms in total. The molecule has 31 heavy (non-hydrogen) atoms. The van der Waals surface area contributed by atoms with E-state index in [1.54, 1.807) is 19.1 Å². The molecule has 168 valence electrons. The summed E-state index contributed by atoms with van der Waals surface area (Å²) in [6.07, 6.45) is 6.87. The van der Waals surface area contributed by atoms with Crippen molar-refractivity contribution in [3.05, 3.63) is 40.2 Å². The summed E-state index contributed by atoms with van der Waals surface area (Å²) in [6, 6.07) is 7.00. The molecule has 0 spiro atoms. The van der Waals surface area contributed by atoms with Gasteiger partial charge in [-0.05, 0) is 56.7 Å². The topological polar surface area (TPSA) is 80.0 Å². The van der Waals surface area contributed by atoms with Crippen LogP contribution in [0.2, 0.25) is 0 Å². The highest BCUT2D eigenvalue weighted by Crippen LogP contribution is 2.40. The van der Waals surface area contributed by atoms with Crippen LogP contribution in [0.4, 0.5) is 0 Å². The highest BCUT2D eigenvalue weighted by Gasteiger charge is 2.44. The molecule has 6 heteroatoms. The van der Waals surface area contributed by atoms with Crippen LogP contribution in [0.5, 0.6) is 5.75 Å². The Morgan fingerprint density at radius 3 is 2.97 bits per heavy atom. The van der Waals surface area contributed by atoms with Gasteiger partial charge in [-0.15, -0.1) is 0 Å². The van der Waals surface area contributed by atoms with Crippen LogP contribution in [0.1, 0.15) is 64.4 Å². The molecule has 2 aliphatic rings. The molecular formula is C25H33NO5. The van der Waals surface area contributed by atoms with Gasteiger partial charge in [-0.2, -0.15) is 0 Å². The quantitative estimate of drug-likeness (QED) is 0.704. The molecule has 1 aliphatic carbocycles. The summed E-state index contributed by atoms with van der Waals surface area (Å²) in [5, 5.41) is 11.8. The van der Waals surface area contributed by atoms with E-state index < -0.39 is 11.7 Å². The van der Waals surface area contributed by atoms with Crippen molar-refractivity contribution in [1.82, 2.24) is 4.90 Å².